The molecule has 0 unspecified atom stereocenters. The summed E-state index contributed by atoms with van der Waals surface area (Å²) >= 11 is 4.17. The van der Waals surface area contributed by atoms with Crippen molar-refractivity contribution in [2.75, 3.05) is 0 Å². The van der Waals surface area contributed by atoms with E-state index in [9.17, 15) is 0 Å². The largest absolute Gasteiger partial charge is 0.176 e. The molecule has 1 aliphatic carbocycles. The lowest BCUT2D eigenvalue weighted by Gasteiger charge is -1.66. The van der Waals surface area contributed by atoms with Gasteiger partial charge in [0.05, 0.1) is 0 Å². The number of hydrogen-bond acceptors (Lipinski definition) is 1. The highest BCUT2D eigenvalue weighted by atomic mass is 32.1. The number of rotatable bonds is 0. The van der Waals surface area contributed by atoms with Crippen molar-refractivity contribution in [1.29, 1.82) is 0 Å². The van der Waals surface area contributed by atoms with E-state index in [2.05, 4.69) is 19.6 Å². The molecule has 0 amide bonds. The zero-order valence-corrected chi connectivity index (χ0v) is 4.20. The second kappa shape index (κ2) is 0.904. The Labute approximate surface area is 38.0 Å². The smallest absolute Gasteiger partial charge is 0.00457 e. The van der Waals surface area contributed by atoms with Crippen LogP contribution in [0.5, 0.6) is 0 Å². The average molecular weight is 88.2 g/mol. The molecule has 0 nitrogen and oxygen atoms in total. The van der Waals surface area contributed by atoms with Gasteiger partial charge in [0.15, 0.2) is 0 Å². The van der Waals surface area contributed by atoms with Gasteiger partial charge in [-0.05, 0) is 12.3 Å². The van der Waals surface area contributed by atoms with E-state index in [1.54, 1.807) is 0 Å². The summed E-state index contributed by atoms with van der Waals surface area (Å²) in [5, 5.41) is 0.745. The summed E-state index contributed by atoms with van der Waals surface area (Å²) in [7, 11) is 0. The molecular weight excluding hydrogens is 80.1 g/mol. The van der Waals surface area contributed by atoms with Crippen LogP contribution in [0.4, 0.5) is 0 Å². The molecule has 1 rings (SSSR count). The summed E-state index contributed by atoms with van der Waals surface area (Å²) in [5.74, 6) is 0.915. The molecule has 0 saturated heterocycles. The highest BCUT2D eigenvalue weighted by Gasteiger charge is 2.27. The molecule has 0 aromatic carbocycles. The number of thiol groups is 1. The highest BCUT2D eigenvalue weighted by Crippen LogP contribution is 2.34. The van der Waals surface area contributed by atoms with Crippen molar-refractivity contribution < 1.29 is 0 Å². The minimum Gasteiger partial charge on any atom is -0.176 e. The molecule has 30 valence electrons. The van der Waals surface area contributed by atoms with Crippen LogP contribution in [0.2, 0.25) is 0 Å². The van der Waals surface area contributed by atoms with Gasteiger partial charge in [0, 0.05) is 5.25 Å². The zero-order chi connectivity index (χ0) is 3.86. The first-order chi connectivity index (χ1) is 2.30. The average Bonchev–Trinajstić information content (AvgIpc) is 1.79. The van der Waals surface area contributed by atoms with Crippen molar-refractivity contribution in [2.24, 2.45) is 5.92 Å². The summed E-state index contributed by atoms with van der Waals surface area (Å²) in [5.41, 5.74) is 0. The van der Waals surface area contributed by atoms with Gasteiger partial charge in [0.2, 0.25) is 0 Å². The summed E-state index contributed by atoms with van der Waals surface area (Å²) in [6.07, 6.45) is 1.34. The molecule has 0 aliphatic heterocycles. The SMILES string of the molecule is C[C@@H]1C[C@@H]1S. The lowest BCUT2D eigenvalue weighted by molar-refractivity contribution is 0.989. The Hall–Kier alpha value is 0.350. The van der Waals surface area contributed by atoms with E-state index in [4.69, 9.17) is 0 Å². The fourth-order valence-electron chi connectivity index (χ4n) is 0.302. The highest BCUT2D eigenvalue weighted by molar-refractivity contribution is 7.81. The Kier molecular flexibility index (Phi) is 0.639. The molecule has 0 N–H and O–H groups in total. The summed E-state index contributed by atoms with van der Waals surface area (Å²) in [4.78, 5) is 0. The van der Waals surface area contributed by atoms with Gasteiger partial charge in [-0.15, -0.1) is 0 Å². The first-order valence-corrected chi connectivity index (χ1v) is 2.50. The fraction of sp³-hybridized carbons (Fsp3) is 1.00. The molecular formula is C4H8S. The van der Waals surface area contributed by atoms with E-state index in [0.717, 1.165) is 11.2 Å². The summed E-state index contributed by atoms with van der Waals surface area (Å²) < 4.78 is 0. The Morgan fingerprint density at radius 3 is 2.00 bits per heavy atom. The predicted molar refractivity (Wildman–Crippen MR) is 26.6 cm³/mol. The topological polar surface area (TPSA) is 0 Å². The minimum atomic E-state index is 0.745. The second-order valence-electron chi connectivity index (χ2n) is 1.78. The van der Waals surface area contributed by atoms with Crippen LogP contribution in [0.15, 0.2) is 0 Å². The van der Waals surface area contributed by atoms with E-state index in [-0.39, 0.29) is 0 Å². The van der Waals surface area contributed by atoms with Gasteiger partial charge in [-0.1, -0.05) is 6.92 Å². The third kappa shape index (κ3) is 0.596. The third-order valence-electron chi connectivity index (χ3n) is 1.07. The molecule has 0 radical (unpaired) electrons. The van der Waals surface area contributed by atoms with Crippen molar-refractivity contribution in [3.05, 3.63) is 0 Å². The molecule has 1 heteroatoms. The predicted octanol–water partition coefficient (Wildman–Crippen LogP) is 1.32. The van der Waals surface area contributed by atoms with Crippen LogP contribution >= 0.6 is 12.6 Å². The third-order valence-corrected chi connectivity index (χ3v) is 1.79. The van der Waals surface area contributed by atoms with E-state index in [0.29, 0.717) is 0 Å². The van der Waals surface area contributed by atoms with E-state index in [1.807, 2.05) is 0 Å². The van der Waals surface area contributed by atoms with Gasteiger partial charge < -0.3 is 0 Å². The Bertz CT molecular complexity index is 36.9. The maximum absolute atomic E-state index is 4.17. The van der Waals surface area contributed by atoms with Gasteiger partial charge in [0.1, 0.15) is 0 Å². The first kappa shape index (κ1) is 3.54. The molecule has 0 aromatic rings. The van der Waals surface area contributed by atoms with Crippen molar-refractivity contribution >= 4 is 12.6 Å². The lowest BCUT2D eigenvalue weighted by atomic mass is 10.5. The van der Waals surface area contributed by atoms with E-state index < -0.39 is 0 Å². The Balaban J connectivity index is 2.20. The molecule has 0 heterocycles. The zero-order valence-electron chi connectivity index (χ0n) is 3.31. The summed E-state index contributed by atoms with van der Waals surface area (Å²) in [6.45, 7) is 2.22. The molecule has 1 saturated carbocycles. The van der Waals surface area contributed by atoms with Gasteiger partial charge in [-0.2, -0.15) is 12.6 Å². The second-order valence-corrected chi connectivity index (χ2v) is 2.44. The van der Waals surface area contributed by atoms with Gasteiger partial charge in [-0.3, -0.25) is 0 Å². The fourth-order valence-corrected chi connectivity index (χ4v) is 0.635. The van der Waals surface area contributed by atoms with Crippen LogP contribution in [-0.2, 0) is 0 Å². The monoisotopic (exact) mass is 88.0 g/mol. The molecule has 0 bridgehead atoms. The maximum atomic E-state index is 4.17. The molecule has 1 aliphatic rings. The van der Waals surface area contributed by atoms with E-state index >= 15 is 0 Å². The molecule has 1 fully saturated rings. The van der Waals surface area contributed by atoms with Crippen LogP contribution < -0.4 is 0 Å². The van der Waals surface area contributed by atoms with Crippen molar-refractivity contribution in [3.8, 4) is 0 Å². The van der Waals surface area contributed by atoms with Crippen molar-refractivity contribution in [3.63, 3.8) is 0 Å². The van der Waals surface area contributed by atoms with Gasteiger partial charge in [0.25, 0.3) is 0 Å². The van der Waals surface area contributed by atoms with Gasteiger partial charge in [-0.25, -0.2) is 0 Å². The first-order valence-electron chi connectivity index (χ1n) is 1.99. The van der Waals surface area contributed by atoms with Crippen molar-refractivity contribution in [2.45, 2.75) is 18.6 Å². The standard InChI is InChI=1S/C4H8S/c1-3-2-4(3)5/h3-5H,2H2,1H3/t3-,4+/m1/s1. The Morgan fingerprint density at radius 2 is 2.00 bits per heavy atom. The maximum Gasteiger partial charge on any atom is 0.00457 e. The normalized spacial score (nSPS) is 49.2. The van der Waals surface area contributed by atoms with Crippen LogP contribution in [0.25, 0.3) is 0 Å². The van der Waals surface area contributed by atoms with E-state index in [1.165, 1.54) is 6.42 Å². The number of hydrogen-bond donors (Lipinski definition) is 1. The van der Waals surface area contributed by atoms with Gasteiger partial charge >= 0.3 is 0 Å². The van der Waals surface area contributed by atoms with Crippen LogP contribution in [-0.4, -0.2) is 5.25 Å². The van der Waals surface area contributed by atoms with Crippen LogP contribution in [0.3, 0.4) is 0 Å². The molecule has 5 heavy (non-hydrogen) atoms. The molecule has 0 spiro atoms. The Morgan fingerprint density at radius 1 is 1.80 bits per heavy atom. The molecule has 2 atom stereocenters. The minimum absolute atomic E-state index is 0.745. The molecule has 0 aromatic heterocycles. The quantitative estimate of drug-likeness (QED) is 0.424. The van der Waals surface area contributed by atoms with Crippen molar-refractivity contribution in [1.82, 2.24) is 0 Å². The van der Waals surface area contributed by atoms with Crippen LogP contribution in [0.1, 0.15) is 13.3 Å². The lowest BCUT2D eigenvalue weighted by Crippen LogP contribution is -1.61. The van der Waals surface area contributed by atoms with Crippen LogP contribution in [0, 0.1) is 5.92 Å². The summed E-state index contributed by atoms with van der Waals surface area (Å²) in [6, 6.07) is 0.